The lowest BCUT2D eigenvalue weighted by atomic mass is 10.1. The Morgan fingerprint density at radius 1 is 1.24 bits per heavy atom. The highest BCUT2D eigenvalue weighted by atomic mass is 32.1. The predicted molar refractivity (Wildman–Crippen MR) is 65.4 cm³/mol. The van der Waals surface area contributed by atoms with Gasteiger partial charge < -0.3 is 4.90 Å². The summed E-state index contributed by atoms with van der Waals surface area (Å²) in [5, 5.41) is 15.1. The zero-order chi connectivity index (χ0) is 11.2. The largest absolute Gasteiger partial charge is 0.342 e. The monoisotopic (exact) mass is 247 g/mol. The van der Waals surface area contributed by atoms with Crippen LogP contribution >= 0.6 is 11.3 Å². The normalized spacial score (nSPS) is 20.6. The molecule has 0 aromatic carbocycles. The summed E-state index contributed by atoms with van der Waals surface area (Å²) in [6.45, 7) is 2.00. The van der Waals surface area contributed by atoms with Crippen LogP contribution in [0.4, 0.5) is 5.13 Å². The van der Waals surface area contributed by atoms with E-state index in [1.165, 1.54) is 17.8 Å². The molecule has 88 valence electrons. The Labute approximate surface area is 103 Å². The minimum Gasteiger partial charge on any atom is -0.342 e. The van der Waals surface area contributed by atoms with Crippen LogP contribution in [0.1, 0.15) is 29.8 Å². The van der Waals surface area contributed by atoms with Gasteiger partial charge in [0.05, 0.1) is 6.04 Å². The fourth-order valence-corrected chi connectivity index (χ4v) is 3.16. The van der Waals surface area contributed by atoms with E-state index in [0.717, 1.165) is 18.2 Å². The van der Waals surface area contributed by atoms with Crippen molar-refractivity contribution in [1.29, 1.82) is 0 Å². The predicted octanol–water partition coefficient (Wildman–Crippen LogP) is 1.67. The Morgan fingerprint density at radius 3 is 2.82 bits per heavy atom. The summed E-state index contributed by atoms with van der Waals surface area (Å²) in [7, 11) is 0. The second-order valence-corrected chi connectivity index (χ2v) is 5.73. The molecule has 2 aromatic heterocycles. The SMILES string of the molecule is c1cnn(C2CN(c3nnc(C4CC4)s3)C2)c1. The molecule has 1 aliphatic carbocycles. The van der Waals surface area contributed by atoms with E-state index in [1.807, 2.05) is 23.1 Å². The lowest BCUT2D eigenvalue weighted by Gasteiger charge is -2.38. The molecular formula is C11H13N5S. The van der Waals surface area contributed by atoms with Crippen molar-refractivity contribution >= 4 is 16.5 Å². The third kappa shape index (κ3) is 1.63. The second-order valence-electron chi connectivity index (χ2n) is 4.74. The minimum atomic E-state index is 0.498. The third-order valence-electron chi connectivity index (χ3n) is 3.39. The molecule has 6 heteroatoms. The molecule has 1 aliphatic heterocycles. The van der Waals surface area contributed by atoms with Gasteiger partial charge in [0.2, 0.25) is 5.13 Å². The quantitative estimate of drug-likeness (QED) is 0.828. The Hall–Kier alpha value is -1.43. The average Bonchev–Trinajstić information content (AvgIpc) is 2.79. The molecule has 17 heavy (non-hydrogen) atoms. The zero-order valence-corrected chi connectivity index (χ0v) is 10.2. The van der Waals surface area contributed by atoms with E-state index >= 15 is 0 Å². The molecule has 2 aromatic rings. The number of rotatable bonds is 3. The molecule has 2 aliphatic rings. The first-order valence-corrected chi connectivity index (χ1v) is 6.79. The Kier molecular flexibility index (Phi) is 1.99. The van der Waals surface area contributed by atoms with E-state index in [1.54, 1.807) is 11.3 Å². The maximum Gasteiger partial charge on any atom is 0.208 e. The van der Waals surface area contributed by atoms with Gasteiger partial charge in [-0.2, -0.15) is 5.10 Å². The van der Waals surface area contributed by atoms with Crippen LogP contribution in [-0.2, 0) is 0 Å². The second kappa shape index (κ2) is 3.53. The van der Waals surface area contributed by atoms with Gasteiger partial charge in [-0.25, -0.2) is 0 Å². The van der Waals surface area contributed by atoms with Crippen LogP contribution in [0.25, 0.3) is 0 Å². The van der Waals surface area contributed by atoms with Crippen LogP contribution in [0, 0.1) is 0 Å². The molecule has 0 bridgehead atoms. The van der Waals surface area contributed by atoms with Crippen molar-refractivity contribution < 1.29 is 0 Å². The van der Waals surface area contributed by atoms with Gasteiger partial charge in [-0.1, -0.05) is 11.3 Å². The van der Waals surface area contributed by atoms with Crippen molar-refractivity contribution in [3.63, 3.8) is 0 Å². The lowest BCUT2D eigenvalue weighted by Crippen LogP contribution is -2.48. The molecule has 1 saturated carbocycles. The molecule has 0 unspecified atom stereocenters. The van der Waals surface area contributed by atoms with Gasteiger partial charge in [-0.15, -0.1) is 10.2 Å². The number of anilines is 1. The fourth-order valence-electron chi connectivity index (χ4n) is 2.12. The summed E-state index contributed by atoms with van der Waals surface area (Å²) in [5.74, 6) is 0.712. The highest BCUT2D eigenvalue weighted by Gasteiger charge is 2.33. The van der Waals surface area contributed by atoms with Gasteiger partial charge in [0.15, 0.2) is 0 Å². The third-order valence-corrected chi connectivity index (χ3v) is 4.53. The number of nitrogens with zero attached hydrogens (tertiary/aromatic N) is 5. The Morgan fingerprint density at radius 2 is 2.12 bits per heavy atom. The Balaban J connectivity index is 1.44. The van der Waals surface area contributed by atoms with Crippen LogP contribution in [-0.4, -0.2) is 33.1 Å². The van der Waals surface area contributed by atoms with Crippen LogP contribution in [0.15, 0.2) is 18.5 Å². The first-order chi connectivity index (χ1) is 8.40. The zero-order valence-electron chi connectivity index (χ0n) is 9.36. The highest BCUT2D eigenvalue weighted by Crippen LogP contribution is 2.43. The Bertz CT molecular complexity index is 510. The van der Waals surface area contributed by atoms with E-state index < -0.39 is 0 Å². The summed E-state index contributed by atoms with van der Waals surface area (Å²) in [6.07, 6.45) is 6.45. The lowest BCUT2D eigenvalue weighted by molar-refractivity contribution is 0.367. The summed E-state index contributed by atoms with van der Waals surface area (Å²) in [5.41, 5.74) is 0. The molecule has 3 heterocycles. The summed E-state index contributed by atoms with van der Waals surface area (Å²) >= 11 is 1.76. The molecule has 0 spiro atoms. The van der Waals surface area contributed by atoms with Crippen LogP contribution < -0.4 is 4.90 Å². The molecular weight excluding hydrogens is 234 g/mol. The van der Waals surface area contributed by atoms with Gasteiger partial charge in [0, 0.05) is 31.4 Å². The number of hydrogen-bond acceptors (Lipinski definition) is 5. The van der Waals surface area contributed by atoms with Gasteiger partial charge in [-0.05, 0) is 18.9 Å². The maximum atomic E-state index is 4.28. The van der Waals surface area contributed by atoms with E-state index in [0.29, 0.717) is 12.0 Å². The van der Waals surface area contributed by atoms with Crippen LogP contribution in [0.3, 0.4) is 0 Å². The topological polar surface area (TPSA) is 46.8 Å². The van der Waals surface area contributed by atoms with Crippen molar-refractivity contribution in [2.24, 2.45) is 0 Å². The minimum absolute atomic E-state index is 0.498. The highest BCUT2D eigenvalue weighted by molar-refractivity contribution is 7.15. The van der Waals surface area contributed by atoms with Crippen molar-refractivity contribution in [1.82, 2.24) is 20.0 Å². The standard InChI is InChI=1S/C11H13N5S/c1-4-12-16(5-1)9-6-15(7-9)11-14-13-10(17-11)8-2-3-8/h1,4-5,8-9H,2-3,6-7H2. The molecule has 5 nitrogen and oxygen atoms in total. The average molecular weight is 247 g/mol. The summed E-state index contributed by atoms with van der Waals surface area (Å²) < 4.78 is 2.03. The molecule has 0 N–H and O–H groups in total. The number of aromatic nitrogens is 4. The molecule has 2 fully saturated rings. The molecule has 0 radical (unpaired) electrons. The van der Waals surface area contributed by atoms with E-state index in [-0.39, 0.29) is 0 Å². The van der Waals surface area contributed by atoms with Gasteiger partial charge >= 0.3 is 0 Å². The summed E-state index contributed by atoms with van der Waals surface area (Å²) in [6, 6.07) is 2.47. The van der Waals surface area contributed by atoms with E-state index in [4.69, 9.17) is 0 Å². The van der Waals surface area contributed by atoms with Gasteiger partial charge in [0.25, 0.3) is 0 Å². The van der Waals surface area contributed by atoms with Crippen molar-refractivity contribution in [3.8, 4) is 0 Å². The van der Waals surface area contributed by atoms with Gasteiger partial charge in [-0.3, -0.25) is 4.68 Å². The van der Waals surface area contributed by atoms with E-state index in [2.05, 4.69) is 20.2 Å². The first-order valence-electron chi connectivity index (χ1n) is 5.97. The van der Waals surface area contributed by atoms with Crippen molar-refractivity contribution in [3.05, 3.63) is 23.5 Å². The van der Waals surface area contributed by atoms with Gasteiger partial charge in [0.1, 0.15) is 5.01 Å². The molecule has 0 amide bonds. The first kappa shape index (κ1) is 9.58. The molecule has 1 saturated heterocycles. The number of hydrogen-bond donors (Lipinski definition) is 0. The van der Waals surface area contributed by atoms with E-state index in [9.17, 15) is 0 Å². The summed E-state index contributed by atoms with van der Waals surface area (Å²) in [4.78, 5) is 2.29. The molecule has 0 atom stereocenters. The smallest absolute Gasteiger partial charge is 0.208 e. The van der Waals surface area contributed by atoms with Crippen LogP contribution in [0.2, 0.25) is 0 Å². The maximum absolute atomic E-state index is 4.28. The molecule has 4 rings (SSSR count). The fraction of sp³-hybridized carbons (Fsp3) is 0.545. The van der Waals surface area contributed by atoms with Crippen molar-refractivity contribution in [2.75, 3.05) is 18.0 Å². The van der Waals surface area contributed by atoms with Crippen LogP contribution in [0.5, 0.6) is 0 Å². The van der Waals surface area contributed by atoms with Crippen molar-refractivity contribution in [2.45, 2.75) is 24.8 Å².